The van der Waals surface area contributed by atoms with Crippen LogP contribution in [0.5, 0.6) is 0 Å². The molecule has 1 rings (SSSR count). The number of hydrogen-bond acceptors (Lipinski definition) is 4. The lowest BCUT2D eigenvalue weighted by Crippen LogP contribution is -2.37. The summed E-state index contributed by atoms with van der Waals surface area (Å²) in [6.07, 6.45) is 0. The number of nitrogens with zero attached hydrogens (tertiary/aromatic N) is 1. The summed E-state index contributed by atoms with van der Waals surface area (Å²) in [5.74, 6) is -0.0168. The Bertz CT molecular complexity index is 314. The molecule has 0 radical (unpaired) electrons. The van der Waals surface area contributed by atoms with Gasteiger partial charge in [-0.3, -0.25) is 9.69 Å². The molecule has 16 heavy (non-hydrogen) atoms. The summed E-state index contributed by atoms with van der Waals surface area (Å²) in [4.78, 5) is 14.5. The SMILES string of the molecule is CC(NC(=O)CN(C)CCO)c1cccs1. The van der Waals surface area contributed by atoms with Crippen LogP contribution in [0.1, 0.15) is 17.8 Å². The third-order valence-electron chi connectivity index (χ3n) is 2.24. The van der Waals surface area contributed by atoms with E-state index >= 15 is 0 Å². The summed E-state index contributed by atoms with van der Waals surface area (Å²) < 4.78 is 0. The molecular formula is C11H18N2O2S. The van der Waals surface area contributed by atoms with E-state index in [1.165, 1.54) is 0 Å². The quantitative estimate of drug-likeness (QED) is 0.777. The van der Waals surface area contributed by atoms with Crippen molar-refractivity contribution in [2.45, 2.75) is 13.0 Å². The normalized spacial score (nSPS) is 12.8. The minimum Gasteiger partial charge on any atom is -0.395 e. The number of amides is 1. The number of hydrogen-bond donors (Lipinski definition) is 2. The summed E-state index contributed by atoms with van der Waals surface area (Å²) >= 11 is 1.63. The number of carbonyl (C=O) groups excluding carboxylic acids is 1. The fourth-order valence-corrected chi connectivity index (χ4v) is 2.13. The predicted molar refractivity (Wildman–Crippen MR) is 65.5 cm³/mol. The fourth-order valence-electron chi connectivity index (χ4n) is 1.39. The maximum absolute atomic E-state index is 11.6. The lowest BCUT2D eigenvalue weighted by atomic mass is 10.3. The van der Waals surface area contributed by atoms with Gasteiger partial charge in [-0.2, -0.15) is 0 Å². The van der Waals surface area contributed by atoms with E-state index in [9.17, 15) is 4.79 Å². The monoisotopic (exact) mass is 242 g/mol. The highest BCUT2D eigenvalue weighted by Crippen LogP contribution is 2.17. The van der Waals surface area contributed by atoms with Gasteiger partial charge in [0.1, 0.15) is 0 Å². The van der Waals surface area contributed by atoms with Gasteiger partial charge in [0.2, 0.25) is 5.91 Å². The van der Waals surface area contributed by atoms with Crippen LogP contribution in [0, 0.1) is 0 Å². The number of nitrogens with one attached hydrogen (secondary N) is 1. The number of aliphatic hydroxyl groups is 1. The van der Waals surface area contributed by atoms with Crippen LogP contribution in [0.25, 0.3) is 0 Å². The first kappa shape index (κ1) is 13.2. The Kier molecular flexibility index (Phi) is 5.45. The van der Waals surface area contributed by atoms with Crippen molar-refractivity contribution in [1.29, 1.82) is 0 Å². The minimum atomic E-state index is -0.0168. The second-order valence-corrected chi connectivity index (χ2v) is 4.75. The third-order valence-corrected chi connectivity index (χ3v) is 3.30. The Morgan fingerprint density at radius 2 is 2.44 bits per heavy atom. The van der Waals surface area contributed by atoms with Crippen LogP contribution in [0.15, 0.2) is 17.5 Å². The van der Waals surface area contributed by atoms with Gasteiger partial charge in [-0.1, -0.05) is 6.07 Å². The van der Waals surface area contributed by atoms with E-state index in [2.05, 4.69) is 5.32 Å². The number of thiophene rings is 1. The summed E-state index contributed by atoms with van der Waals surface area (Å²) in [6.45, 7) is 2.87. The first-order valence-corrected chi connectivity index (χ1v) is 6.13. The zero-order valence-corrected chi connectivity index (χ0v) is 10.5. The van der Waals surface area contributed by atoms with E-state index < -0.39 is 0 Å². The van der Waals surface area contributed by atoms with Gasteiger partial charge in [-0.05, 0) is 25.4 Å². The van der Waals surface area contributed by atoms with E-state index in [4.69, 9.17) is 5.11 Å². The second kappa shape index (κ2) is 6.62. The van der Waals surface area contributed by atoms with Gasteiger partial charge in [-0.15, -0.1) is 11.3 Å². The van der Waals surface area contributed by atoms with Crippen LogP contribution in [0.3, 0.4) is 0 Å². The van der Waals surface area contributed by atoms with Crippen molar-refractivity contribution < 1.29 is 9.90 Å². The highest BCUT2D eigenvalue weighted by molar-refractivity contribution is 7.10. The van der Waals surface area contributed by atoms with Crippen molar-refractivity contribution in [3.8, 4) is 0 Å². The molecule has 0 aliphatic heterocycles. The lowest BCUT2D eigenvalue weighted by molar-refractivity contribution is -0.122. The highest BCUT2D eigenvalue weighted by Gasteiger charge is 2.11. The van der Waals surface area contributed by atoms with Crippen molar-refractivity contribution in [2.75, 3.05) is 26.7 Å². The van der Waals surface area contributed by atoms with E-state index in [-0.39, 0.29) is 18.6 Å². The predicted octanol–water partition coefficient (Wildman–Crippen LogP) is 0.849. The largest absolute Gasteiger partial charge is 0.395 e. The zero-order valence-electron chi connectivity index (χ0n) is 9.64. The fraction of sp³-hybridized carbons (Fsp3) is 0.545. The van der Waals surface area contributed by atoms with Gasteiger partial charge in [0, 0.05) is 11.4 Å². The molecule has 1 heterocycles. The van der Waals surface area contributed by atoms with E-state index in [1.54, 1.807) is 16.2 Å². The Labute approximate surface area is 99.9 Å². The Morgan fingerprint density at radius 1 is 1.69 bits per heavy atom. The molecular weight excluding hydrogens is 224 g/mol. The Balaban J connectivity index is 2.34. The number of carbonyl (C=O) groups is 1. The topological polar surface area (TPSA) is 52.6 Å². The first-order chi connectivity index (χ1) is 7.63. The molecule has 0 fully saturated rings. The molecule has 1 aromatic heterocycles. The van der Waals surface area contributed by atoms with Crippen LogP contribution in [-0.2, 0) is 4.79 Å². The average Bonchev–Trinajstić information content (AvgIpc) is 2.69. The van der Waals surface area contributed by atoms with Crippen LogP contribution in [0.4, 0.5) is 0 Å². The first-order valence-electron chi connectivity index (χ1n) is 5.25. The minimum absolute atomic E-state index is 0.0168. The summed E-state index contributed by atoms with van der Waals surface area (Å²) in [6, 6.07) is 4.03. The standard InChI is InChI=1S/C11H18N2O2S/c1-9(10-4-3-7-16-10)12-11(15)8-13(2)5-6-14/h3-4,7,9,14H,5-6,8H2,1-2H3,(H,12,15). The van der Waals surface area contributed by atoms with Crippen molar-refractivity contribution in [3.63, 3.8) is 0 Å². The molecule has 1 aromatic rings. The highest BCUT2D eigenvalue weighted by atomic mass is 32.1. The molecule has 0 bridgehead atoms. The molecule has 90 valence electrons. The van der Waals surface area contributed by atoms with E-state index in [1.807, 2.05) is 31.5 Å². The van der Waals surface area contributed by atoms with Gasteiger partial charge in [0.05, 0.1) is 19.2 Å². The molecule has 0 aliphatic rings. The summed E-state index contributed by atoms with van der Waals surface area (Å²) in [7, 11) is 1.81. The maximum atomic E-state index is 11.6. The van der Waals surface area contributed by atoms with Gasteiger partial charge in [0.25, 0.3) is 0 Å². The lowest BCUT2D eigenvalue weighted by Gasteiger charge is -2.17. The Morgan fingerprint density at radius 3 is 3.00 bits per heavy atom. The molecule has 4 nitrogen and oxygen atoms in total. The van der Waals surface area contributed by atoms with Crippen molar-refractivity contribution >= 4 is 17.2 Å². The molecule has 2 N–H and O–H groups in total. The van der Waals surface area contributed by atoms with Crippen LogP contribution in [-0.4, -0.2) is 42.7 Å². The molecule has 1 amide bonds. The van der Waals surface area contributed by atoms with Crippen molar-refractivity contribution in [2.24, 2.45) is 0 Å². The molecule has 0 spiro atoms. The number of likely N-dealkylation sites (N-methyl/N-ethyl adjacent to an activating group) is 1. The van der Waals surface area contributed by atoms with Gasteiger partial charge < -0.3 is 10.4 Å². The van der Waals surface area contributed by atoms with Gasteiger partial charge in [0.15, 0.2) is 0 Å². The molecule has 0 aromatic carbocycles. The van der Waals surface area contributed by atoms with Crippen LogP contribution in [0.2, 0.25) is 0 Å². The third kappa shape index (κ3) is 4.30. The molecule has 0 saturated heterocycles. The maximum Gasteiger partial charge on any atom is 0.234 e. The molecule has 1 atom stereocenters. The average molecular weight is 242 g/mol. The molecule has 0 saturated carbocycles. The van der Waals surface area contributed by atoms with Crippen molar-refractivity contribution in [1.82, 2.24) is 10.2 Å². The van der Waals surface area contributed by atoms with Crippen LogP contribution < -0.4 is 5.32 Å². The zero-order chi connectivity index (χ0) is 12.0. The Hall–Kier alpha value is -0.910. The molecule has 5 heteroatoms. The number of aliphatic hydroxyl groups excluding tert-OH is 1. The molecule has 1 unspecified atom stereocenters. The van der Waals surface area contributed by atoms with Gasteiger partial charge >= 0.3 is 0 Å². The van der Waals surface area contributed by atoms with Crippen molar-refractivity contribution in [3.05, 3.63) is 22.4 Å². The number of rotatable bonds is 6. The molecule has 0 aliphatic carbocycles. The summed E-state index contributed by atoms with van der Waals surface area (Å²) in [5, 5.41) is 13.6. The second-order valence-electron chi connectivity index (χ2n) is 3.77. The smallest absolute Gasteiger partial charge is 0.234 e. The van der Waals surface area contributed by atoms with Gasteiger partial charge in [-0.25, -0.2) is 0 Å². The van der Waals surface area contributed by atoms with E-state index in [0.717, 1.165) is 4.88 Å². The summed E-state index contributed by atoms with van der Waals surface area (Å²) in [5.41, 5.74) is 0. The van der Waals surface area contributed by atoms with E-state index in [0.29, 0.717) is 13.1 Å². The van der Waals surface area contributed by atoms with Crippen LogP contribution >= 0.6 is 11.3 Å².